The number of benzene rings is 1. The molecule has 0 spiro atoms. The van der Waals surface area contributed by atoms with Gasteiger partial charge in [-0.1, -0.05) is 0 Å². The van der Waals surface area contributed by atoms with E-state index in [4.69, 9.17) is 5.73 Å². The van der Waals surface area contributed by atoms with E-state index >= 15 is 0 Å². The molecular weight excluding hydrogens is 237 g/mol. The van der Waals surface area contributed by atoms with Crippen molar-refractivity contribution in [3.63, 3.8) is 0 Å². The standard InChI is InChI=1S/C10H7F3N2S/c11-7-1-5(2-8(12)9(7)13)10-15-6(3-14)4-16-10/h1-2,4H,3,14H2. The van der Waals surface area contributed by atoms with Crippen molar-refractivity contribution in [1.29, 1.82) is 0 Å². The predicted molar refractivity (Wildman–Crippen MR) is 55.3 cm³/mol. The topological polar surface area (TPSA) is 38.9 Å². The number of hydrogen-bond acceptors (Lipinski definition) is 3. The second-order valence-corrected chi connectivity index (χ2v) is 3.96. The van der Waals surface area contributed by atoms with Crippen molar-refractivity contribution in [2.75, 3.05) is 0 Å². The van der Waals surface area contributed by atoms with Gasteiger partial charge in [0.15, 0.2) is 17.5 Å². The van der Waals surface area contributed by atoms with Crippen LogP contribution >= 0.6 is 11.3 Å². The fourth-order valence-corrected chi connectivity index (χ4v) is 2.03. The Morgan fingerprint density at radius 3 is 2.31 bits per heavy atom. The van der Waals surface area contributed by atoms with E-state index < -0.39 is 17.5 Å². The largest absolute Gasteiger partial charge is 0.325 e. The molecule has 0 amide bonds. The Bertz CT molecular complexity index is 502. The van der Waals surface area contributed by atoms with E-state index in [-0.39, 0.29) is 12.1 Å². The Hall–Kier alpha value is -1.40. The number of nitrogens with two attached hydrogens (primary N) is 1. The van der Waals surface area contributed by atoms with Gasteiger partial charge in [0.1, 0.15) is 5.01 Å². The normalized spacial score (nSPS) is 10.8. The fraction of sp³-hybridized carbons (Fsp3) is 0.100. The van der Waals surface area contributed by atoms with Gasteiger partial charge in [0.25, 0.3) is 0 Å². The zero-order valence-corrected chi connectivity index (χ0v) is 8.82. The highest BCUT2D eigenvalue weighted by Gasteiger charge is 2.13. The number of halogens is 3. The van der Waals surface area contributed by atoms with Crippen molar-refractivity contribution in [3.8, 4) is 10.6 Å². The monoisotopic (exact) mass is 244 g/mol. The van der Waals surface area contributed by atoms with Gasteiger partial charge >= 0.3 is 0 Å². The molecule has 0 fully saturated rings. The van der Waals surface area contributed by atoms with Crippen LogP contribution in [-0.4, -0.2) is 4.98 Å². The SMILES string of the molecule is NCc1csc(-c2cc(F)c(F)c(F)c2)n1. The minimum Gasteiger partial charge on any atom is -0.325 e. The lowest BCUT2D eigenvalue weighted by molar-refractivity contribution is 0.447. The molecule has 0 aliphatic carbocycles. The summed E-state index contributed by atoms with van der Waals surface area (Å²) in [5.41, 5.74) is 6.20. The van der Waals surface area contributed by atoms with Crippen LogP contribution in [0.1, 0.15) is 5.69 Å². The number of thiazole rings is 1. The summed E-state index contributed by atoms with van der Waals surface area (Å²) >= 11 is 1.20. The van der Waals surface area contributed by atoms with Gasteiger partial charge in [-0.05, 0) is 12.1 Å². The first-order chi connectivity index (χ1) is 7.61. The molecule has 0 radical (unpaired) electrons. The van der Waals surface area contributed by atoms with Crippen LogP contribution in [0.2, 0.25) is 0 Å². The van der Waals surface area contributed by atoms with Gasteiger partial charge in [-0.25, -0.2) is 18.2 Å². The van der Waals surface area contributed by atoms with Crippen LogP contribution in [0, 0.1) is 17.5 Å². The van der Waals surface area contributed by atoms with E-state index in [2.05, 4.69) is 4.98 Å². The van der Waals surface area contributed by atoms with Crippen molar-refractivity contribution < 1.29 is 13.2 Å². The number of hydrogen-bond donors (Lipinski definition) is 1. The van der Waals surface area contributed by atoms with Crippen molar-refractivity contribution in [2.24, 2.45) is 5.73 Å². The van der Waals surface area contributed by atoms with Gasteiger partial charge in [-0.2, -0.15) is 0 Å². The molecule has 2 aromatic rings. The van der Waals surface area contributed by atoms with Crippen LogP contribution in [0.15, 0.2) is 17.5 Å². The summed E-state index contributed by atoms with van der Waals surface area (Å²) < 4.78 is 38.6. The third-order valence-corrected chi connectivity index (χ3v) is 2.93. The number of aromatic nitrogens is 1. The average molecular weight is 244 g/mol. The van der Waals surface area contributed by atoms with E-state index in [1.165, 1.54) is 11.3 Å². The molecule has 0 atom stereocenters. The first-order valence-corrected chi connectivity index (χ1v) is 5.29. The maximum Gasteiger partial charge on any atom is 0.194 e. The lowest BCUT2D eigenvalue weighted by Crippen LogP contribution is -1.96. The van der Waals surface area contributed by atoms with E-state index in [0.717, 1.165) is 12.1 Å². The van der Waals surface area contributed by atoms with Crippen LogP contribution in [0.25, 0.3) is 10.6 Å². The quantitative estimate of drug-likeness (QED) is 0.825. The number of nitrogens with zero attached hydrogens (tertiary/aromatic N) is 1. The highest BCUT2D eigenvalue weighted by atomic mass is 32.1. The Balaban J connectivity index is 2.48. The molecule has 1 aromatic carbocycles. The molecule has 16 heavy (non-hydrogen) atoms. The summed E-state index contributed by atoms with van der Waals surface area (Å²) in [6.07, 6.45) is 0. The molecule has 0 bridgehead atoms. The van der Waals surface area contributed by atoms with Crippen molar-refractivity contribution >= 4 is 11.3 Å². The molecule has 0 aliphatic rings. The van der Waals surface area contributed by atoms with Gasteiger partial charge in [0.2, 0.25) is 0 Å². The maximum atomic E-state index is 13.0. The second kappa shape index (κ2) is 4.23. The molecule has 0 saturated heterocycles. The summed E-state index contributed by atoms with van der Waals surface area (Å²) in [6, 6.07) is 1.83. The minimum absolute atomic E-state index is 0.209. The van der Waals surface area contributed by atoms with E-state index in [0.29, 0.717) is 10.7 Å². The van der Waals surface area contributed by atoms with E-state index in [1.54, 1.807) is 5.38 Å². The molecule has 1 aromatic heterocycles. The average Bonchev–Trinajstić information content (AvgIpc) is 2.73. The van der Waals surface area contributed by atoms with Crippen LogP contribution < -0.4 is 5.73 Å². The first kappa shape index (κ1) is 11.1. The summed E-state index contributed by atoms with van der Waals surface area (Å²) in [5, 5.41) is 2.10. The molecule has 1 heterocycles. The Kier molecular flexibility index (Phi) is 2.93. The Morgan fingerprint density at radius 1 is 1.19 bits per heavy atom. The van der Waals surface area contributed by atoms with Crippen LogP contribution in [0.3, 0.4) is 0 Å². The highest BCUT2D eigenvalue weighted by Crippen LogP contribution is 2.26. The third kappa shape index (κ3) is 1.94. The van der Waals surface area contributed by atoms with Crippen molar-refractivity contribution in [2.45, 2.75) is 6.54 Å². The molecule has 0 aliphatic heterocycles. The zero-order chi connectivity index (χ0) is 11.7. The van der Waals surface area contributed by atoms with Crippen LogP contribution in [-0.2, 0) is 6.54 Å². The maximum absolute atomic E-state index is 13.0. The summed E-state index contributed by atoms with van der Waals surface area (Å²) in [6.45, 7) is 0.253. The zero-order valence-electron chi connectivity index (χ0n) is 8.01. The van der Waals surface area contributed by atoms with Crippen molar-refractivity contribution in [1.82, 2.24) is 4.98 Å². The molecule has 2 nitrogen and oxygen atoms in total. The summed E-state index contributed by atoms with van der Waals surface area (Å²) in [5.74, 6) is -3.92. The van der Waals surface area contributed by atoms with Crippen LogP contribution in [0.5, 0.6) is 0 Å². The lowest BCUT2D eigenvalue weighted by Gasteiger charge is -1.99. The van der Waals surface area contributed by atoms with Crippen molar-refractivity contribution in [3.05, 3.63) is 40.7 Å². The predicted octanol–water partition coefficient (Wildman–Crippen LogP) is 2.69. The molecular formula is C10H7F3N2S. The lowest BCUT2D eigenvalue weighted by atomic mass is 10.2. The minimum atomic E-state index is -1.47. The van der Waals surface area contributed by atoms with Gasteiger partial charge in [-0.3, -0.25) is 0 Å². The van der Waals surface area contributed by atoms with Gasteiger partial charge in [-0.15, -0.1) is 11.3 Å². The van der Waals surface area contributed by atoms with E-state index in [1.807, 2.05) is 0 Å². The molecule has 2 N–H and O–H groups in total. The van der Waals surface area contributed by atoms with Gasteiger partial charge < -0.3 is 5.73 Å². The molecule has 0 unspecified atom stereocenters. The van der Waals surface area contributed by atoms with Gasteiger partial charge in [0.05, 0.1) is 5.69 Å². The summed E-state index contributed by atoms with van der Waals surface area (Å²) in [7, 11) is 0. The molecule has 84 valence electrons. The van der Waals surface area contributed by atoms with Gasteiger partial charge in [0, 0.05) is 17.5 Å². The molecule has 6 heteroatoms. The second-order valence-electron chi connectivity index (χ2n) is 3.10. The number of rotatable bonds is 2. The molecule has 2 rings (SSSR count). The highest BCUT2D eigenvalue weighted by molar-refractivity contribution is 7.13. The molecule has 0 saturated carbocycles. The smallest absolute Gasteiger partial charge is 0.194 e. The fourth-order valence-electron chi connectivity index (χ4n) is 1.21. The third-order valence-electron chi connectivity index (χ3n) is 1.99. The first-order valence-electron chi connectivity index (χ1n) is 4.41. The summed E-state index contributed by atoms with van der Waals surface area (Å²) in [4.78, 5) is 4.05. The Labute approximate surface area is 93.5 Å². The van der Waals surface area contributed by atoms with Crippen LogP contribution in [0.4, 0.5) is 13.2 Å². The Morgan fingerprint density at radius 2 is 1.81 bits per heavy atom. The van der Waals surface area contributed by atoms with E-state index in [9.17, 15) is 13.2 Å².